The van der Waals surface area contributed by atoms with E-state index in [0.29, 0.717) is 0 Å². The second-order valence-corrected chi connectivity index (χ2v) is 6.00. The van der Waals surface area contributed by atoms with Gasteiger partial charge in [-0.1, -0.05) is 55.8 Å². The van der Waals surface area contributed by atoms with Crippen LogP contribution >= 0.6 is 0 Å². The Balaban J connectivity index is 1.95. The van der Waals surface area contributed by atoms with Gasteiger partial charge < -0.3 is 4.74 Å². The topological polar surface area (TPSA) is 9.23 Å². The van der Waals surface area contributed by atoms with Crippen molar-refractivity contribution in [3.8, 4) is 5.75 Å². The number of fused-ring (bicyclic) bond motifs is 1. The highest BCUT2D eigenvalue weighted by Gasteiger charge is 2.12. The van der Waals surface area contributed by atoms with Gasteiger partial charge in [-0.3, -0.25) is 0 Å². The zero-order valence-corrected chi connectivity index (χ0v) is 14.4. The average molecular weight is 338 g/mol. The summed E-state index contributed by atoms with van der Waals surface area (Å²) < 4.78 is 34.3. The molecule has 0 radical (unpaired) electrons. The third-order valence-electron chi connectivity index (χ3n) is 4.24. The van der Waals surface area contributed by atoms with Crippen molar-refractivity contribution in [2.75, 3.05) is 7.11 Å². The van der Waals surface area contributed by atoms with Gasteiger partial charge in [0.15, 0.2) is 11.7 Å². The van der Waals surface area contributed by atoms with Crippen molar-refractivity contribution >= 4 is 22.4 Å². The van der Waals surface area contributed by atoms with Crippen LogP contribution in [0.15, 0.2) is 60.7 Å². The smallest absolute Gasteiger partial charge is 0.166 e. The number of aryl methyl sites for hydroxylation is 1. The molecule has 1 nitrogen and oxygen atoms in total. The molecule has 3 heteroatoms. The lowest BCUT2D eigenvalue weighted by Gasteiger charge is -2.06. The van der Waals surface area contributed by atoms with E-state index in [9.17, 15) is 8.78 Å². The number of hydrogen-bond acceptors (Lipinski definition) is 1. The SMILES string of the molecule is CCCc1ccc(C(F)=C(F)c2ccc3cc(OC)ccc3c2)cc1. The van der Waals surface area contributed by atoms with Crippen LogP contribution in [0.5, 0.6) is 5.75 Å². The maximum absolute atomic E-state index is 14.6. The largest absolute Gasteiger partial charge is 0.497 e. The van der Waals surface area contributed by atoms with Gasteiger partial charge in [0.2, 0.25) is 0 Å². The second-order valence-electron chi connectivity index (χ2n) is 6.00. The van der Waals surface area contributed by atoms with Gasteiger partial charge in [0, 0.05) is 11.1 Å². The molecule has 0 atom stereocenters. The van der Waals surface area contributed by atoms with Crippen molar-refractivity contribution in [3.63, 3.8) is 0 Å². The summed E-state index contributed by atoms with van der Waals surface area (Å²) in [6.07, 6.45) is 1.95. The van der Waals surface area contributed by atoms with Crippen LogP contribution in [0.25, 0.3) is 22.4 Å². The molecule has 3 aromatic rings. The van der Waals surface area contributed by atoms with Crippen molar-refractivity contribution < 1.29 is 13.5 Å². The van der Waals surface area contributed by atoms with Gasteiger partial charge in [-0.05, 0) is 41.0 Å². The highest BCUT2D eigenvalue weighted by molar-refractivity contribution is 5.90. The fourth-order valence-corrected chi connectivity index (χ4v) is 2.85. The summed E-state index contributed by atoms with van der Waals surface area (Å²) in [4.78, 5) is 0. The van der Waals surface area contributed by atoms with E-state index in [1.54, 1.807) is 43.5 Å². The number of halogens is 2. The molecule has 0 fully saturated rings. The minimum absolute atomic E-state index is 0.229. The van der Waals surface area contributed by atoms with Crippen LogP contribution in [-0.4, -0.2) is 7.11 Å². The quantitative estimate of drug-likeness (QED) is 0.478. The Morgan fingerprint density at radius 2 is 1.40 bits per heavy atom. The minimum atomic E-state index is -0.846. The predicted molar refractivity (Wildman–Crippen MR) is 100.0 cm³/mol. The molecule has 0 bridgehead atoms. The Bertz CT molecular complexity index is 911. The second kappa shape index (κ2) is 7.47. The molecule has 0 aliphatic rings. The minimum Gasteiger partial charge on any atom is -0.497 e. The van der Waals surface area contributed by atoms with Crippen molar-refractivity contribution in [2.24, 2.45) is 0 Å². The molecule has 0 aromatic heterocycles. The summed E-state index contributed by atoms with van der Waals surface area (Å²) >= 11 is 0. The molecule has 0 unspecified atom stereocenters. The molecule has 0 saturated carbocycles. The normalized spacial score (nSPS) is 12.2. The maximum atomic E-state index is 14.6. The van der Waals surface area contributed by atoms with Crippen LogP contribution in [0, 0.1) is 0 Å². The van der Waals surface area contributed by atoms with E-state index >= 15 is 0 Å². The van der Waals surface area contributed by atoms with Gasteiger partial charge >= 0.3 is 0 Å². The number of ether oxygens (including phenoxy) is 1. The third kappa shape index (κ3) is 3.71. The van der Waals surface area contributed by atoms with Crippen molar-refractivity contribution in [1.82, 2.24) is 0 Å². The van der Waals surface area contributed by atoms with E-state index in [1.807, 2.05) is 24.3 Å². The maximum Gasteiger partial charge on any atom is 0.166 e. The van der Waals surface area contributed by atoms with Gasteiger partial charge in [-0.15, -0.1) is 0 Å². The highest BCUT2D eigenvalue weighted by Crippen LogP contribution is 2.31. The fraction of sp³-hybridized carbons (Fsp3) is 0.182. The molecular weight excluding hydrogens is 318 g/mol. The summed E-state index contributed by atoms with van der Waals surface area (Å²) in [6, 6.07) is 17.5. The van der Waals surface area contributed by atoms with E-state index in [0.717, 1.165) is 34.9 Å². The van der Waals surface area contributed by atoms with Gasteiger partial charge in [0.05, 0.1) is 7.11 Å². The summed E-state index contributed by atoms with van der Waals surface area (Å²) in [5.41, 5.74) is 1.61. The van der Waals surface area contributed by atoms with E-state index < -0.39 is 11.7 Å². The van der Waals surface area contributed by atoms with Crippen LogP contribution in [0.2, 0.25) is 0 Å². The highest BCUT2D eigenvalue weighted by atomic mass is 19.2. The summed E-state index contributed by atoms with van der Waals surface area (Å²) in [7, 11) is 1.60. The molecule has 3 rings (SSSR count). The Hall–Kier alpha value is -2.68. The summed E-state index contributed by atoms with van der Waals surface area (Å²) in [5.74, 6) is -0.952. The molecule has 0 heterocycles. The number of hydrogen-bond donors (Lipinski definition) is 0. The van der Waals surface area contributed by atoms with Crippen LogP contribution in [-0.2, 0) is 6.42 Å². The molecule has 0 N–H and O–H groups in total. The van der Waals surface area contributed by atoms with Crippen LogP contribution < -0.4 is 4.74 Å². The first-order chi connectivity index (χ1) is 12.1. The summed E-state index contributed by atoms with van der Waals surface area (Å²) in [5, 5.41) is 1.75. The molecule has 3 aromatic carbocycles. The molecule has 0 saturated heterocycles. The molecule has 0 aliphatic carbocycles. The molecule has 0 spiro atoms. The lowest BCUT2D eigenvalue weighted by molar-refractivity contribution is 0.415. The molecule has 0 aliphatic heterocycles. The molecule has 25 heavy (non-hydrogen) atoms. The number of rotatable bonds is 5. The van der Waals surface area contributed by atoms with Crippen molar-refractivity contribution in [2.45, 2.75) is 19.8 Å². The fourth-order valence-electron chi connectivity index (χ4n) is 2.85. The van der Waals surface area contributed by atoms with Crippen LogP contribution in [0.3, 0.4) is 0 Å². The van der Waals surface area contributed by atoms with Crippen LogP contribution in [0.4, 0.5) is 8.78 Å². The lowest BCUT2D eigenvalue weighted by Crippen LogP contribution is -1.88. The van der Waals surface area contributed by atoms with Gasteiger partial charge in [-0.2, -0.15) is 0 Å². The Morgan fingerprint density at radius 1 is 0.800 bits per heavy atom. The van der Waals surface area contributed by atoms with E-state index in [1.165, 1.54) is 0 Å². The third-order valence-corrected chi connectivity index (χ3v) is 4.24. The van der Waals surface area contributed by atoms with E-state index in [-0.39, 0.29) is 11.1 Å². The monoisotopic (exact) mass is 338 g/mol. The zero-order chi connectivity index (χ0) is 17.8. The Morgan fingerprint density at radius 3 is 2.08 bits per heavy atom. The van der Waals surface area contributed by atoms with Crippen molar-refractivity contribution in [3.05, 3.63) is 77.4 Å². The zero-order valence-electron chi connectivity index (χ0n) is 14.4. The predicted octanol–water partition coefficient (Wildman–Crippen LogP) is 6.57. The Kier molecular flexibility index (Phi) is 5.13. The number of methoxy groups -OCH3 is 1. The standard InChI is InChI=1S/C22H20F2O/c1-3-4-15-5-7-16(8-6-15)21(23)22(24)19-10-9-18-14-20(25-2)12-11-17(18)13-19/h5-14H,3-4H2,1-2H3. The van der Waals surface area contributed by atoms with Gasteiger partial charge in [-0.25, -0.2) is 8.78 Å². The molecule has 128 valence electrons. The lowest BCUT2D eigenvalue weighted by atomic mass is 10.0. The first kappa shape index (κ1) is 17.2. The van der Waals surface area contributed by atoms with Crippen molar-refractivity contribution in [1.29, 1.82) is 0 Å². The average Bonchev–Trinajstić information content (AvgIpc) is 2.67. The van der Waals surface area contributed by atoms with Crippen LogP contribution in [0.1, 0.15) is 30.0 Å². The van der Waals surface area contributed by atoms with E-state index in [4.69, 9.17) is 4.74 Å². The molecule has 0 amide bonds. The summed E-state index contributed by atoms with van der Waals surface area (Å²) in [6.45, 7) is 2.09. The van der Waals surface area contributed by atoms with Gasteiger partial charge in [0.25, 0.3) is 0 Å². The van der Waals surface area contributed by atoms with E-state index in [2.05, 4.69) is 6.92 Å². The Labute approximate surface area is 146 Å². The van der Waals surface area contributed by atoms with Gasteiger partial charge in [0.1, 0.15) is 5.75 Å². The number of benzene rings is 3. The molecular formula is C22H20F2O. The first-order valence-corrected chi connectivity index (χ1v) is 8.35. The first-order valence-electron chi connectivity index (χ1n) is 8.35.